The summed E-state index contributed by atoms with van der Waals surface area (Å²) in [6.07, 6.45) is 4.60. The Morgan fingerprint density at radius 1 is 1.15 bits per heavy atom. The fourth-order valence-corrected chi connectivity index (χ4v) is 4.10. The lowest BCUT2D eigenvalue weighted by Crippen LogP contribution is -2.71. The highest BCUT2D eigenvalue weighted by molar-refractivity contribution is 5.94. The average molecular weight is 357 g/mol. The molecule has 8 heteroatoms. The minimum absolute atomic E-state index is 0.00151. The van der Waals surface area contributed by atoms with Crippen molar-refractivity contribution in [2.45, 2.75) is 18.4 Å². The number of amides is 4. The van der Waals surface area contributed by atoms with Crippen LogP contribution in [0.3, 0.4) is 0 Å². The Labute approximate surface area is 152 Å². The van der Waals surface area contributed by atoms with Crippen molar-refractivity contribution in [3.63, 3.8) is 0 Å². The lowest BCUT2D eigenvalue weighted by atomic mass is 9.86. The zero-order valence-electron chi connectivity index (χ0n) is 14.9. The van der Waals surface area contributed by atoms with Crippen molar-refractivity contribution in [3.05, 3.63) is 30.1 Å². The molecule has 1 spiro atoms. The third kappa shape index (κ3) is 2.69. The number of urea groups is 1. The minimum atomic E-state index is -0.231. The highest BCUT2D eigenvalue weighted by Crippen LogP contribution is 2.32. The molecule has 8 nitrogen and oxygen atoms in total. The van der Waals surface area contributed by atoms with Crippen LogP contribution in [-0.2, 0) is 4.79 Å². The topological polar surface area (TPSA) is 85.9 Å². The van der Waals surface area contributed by atoms with E-state index in [1.807, 2.05) is 9.80 Å². The van der Waals surface area contributed by atoms with E-state index in [0.717, 1.165) is 0 Å². The lowest BCUT2D eigenvalue weighted by molar-refractivity contribution is -0.147. The van der Waals surface area contributed by atoms with Crippen LogP contribution in [0.4, 0.5) is 4.79 Å². The Hall–Kier alpha value is -2.64. The van der Waals surface area contributed by atoms with Gasteiger partial charge >= 0.3 is 6.03 Å². The van der Waals surface area contributed by atoms with Gasteiger partial charge in [-0.2, -0.15) is 0 Å². The van der Waals surface area contributed by atoms with Gasteiger partial charge in [0.25, 0.3) is 5.91 Å². The van der Waals surface area contributed by atoms with E-state index in [4.69, 9.17) is 0 Å². The van der Waals surface area contributed by atoms with Gasteiger partial charge in [0.2, 0.25) is 5.91 Å². The molecule has 26 heavy (non-hydrogen) atoms. The number of carbonyl (C=O) groups is 3. The number of rotatable bonds is 2. The number of nitrogens with zero attached hydrogens (tertiary/aromatic N) is 4. The Kier molecular flexibility index (Phi) is 4.05. The highest BCUT2D eigenvalue weighted by Gasteiger charge is 2.54. The van der Waals surface area contributed by atoms with E-state index in [2.05, 4.69) is 10.3 Å². The summed E-state index contributed by atoms with van der Waals surface area (Å²) in [4.78, 5) is 46.2. The van der Waals surface area contributed by atoms with E-state index >= 15 is 0 Å². The summed E-state index contributed by atoms with van der Waals surface area (Å²) in [7, 11) is 1.79. The Bertz CT molecular complexity index is 724. The fourth-order valence-electron chi connectivity index (χ4n) is 4.10. The van der Waals surface area contributed by atoms with Crippen LogP contribution in [-0.4, -0.2) is 82.8 Å². The molecule has 4 amide bonds. The SMILES string of the molecule is CN1C(=O)NCC12CN(C(=O)C1CCN(C(=O)c3ccncc3)CC1)C2. The Morgan fingerprint density at radius 3 is 2.38 bits per heavy atom. The van der Waals surface area contributed by atoms with Gasteiger partial charge in [0.1, 0.15) is 0 Å². The van der Waals surface area contributed by atoms with Gasteiger partial charge in [-0.1, -0.05) is 0 Å². The number of hydrogen-bond acceptors (Lipinski definition) is 4. The number of likely N-dealkylation sites (tertiary alicyclic amines) is 2. The third-order valence-corrected chi connectivity index (χ3v) is 5.93. The molecule has 0 unspecified atom stereocenters. The van der Waals surface area contributed by atoms with Crippen LogP contribution in [0.1, 0.15) is 23.2 Å². The average Bonchev–Trinajstić information content (AvgIpc) is 2.95. The van der Waals surface area contributed by atoms with Crippen LogP contribution < -0.4 is 5.32 Å². The Morgan fingerprint density at radius 2 is 1.81 bits per heavy atom. The van der Waals surface area contributed by atoms with Gasteiger partial charge < -0.3 is 20.0 Å². The summed E-state index contributed by atoms with van der Waals surface area (Å²) in [6.45, 7) is 2.98. The van der Waals surface area contributed by atoms with Gasteiger partial charge in [0.05, 0.1) is 5.54 Å². The first-order valence-corrected chi connectivity index (χ1v) is 9.00. The van der Waals surface area contributed by atoms with E-state index in [-0.39, 0.29) is 29.3 Å². The molecule has 4 heterocycles. The quantitative estimate of drug-likeness (QED) is 0.818. The number of aromatic nitrogens is 1. The van der Waals surface area contributed by atoms with Gasteiger partial charge in [0, 0.05) is 63.6 Å². The molecule has 1 aromatic rings. The Balaban J connectivity index is 1.30. The number of hydrogen-bond donors (Lipinski definition) is 1. The number of nitrogens with one attached hydrogen (secondary N) is 1. The maximum Gasteiger partial charge on any atom is 0.317 e. The predicted molar refractivity (Wildman–Crippen MR) is 93.3 cm³/mol. The first-order valence-electron chi connectivity index (χ1n) is 9.00. The normalized spacial score (nSPS) is 22.3. The molecule has 0 bridgehead atoms. The molecule has 138 valence electrons. The lowest BCUT2D eigenvalue weighted by Gasteiger charge is -2.51. The summed E-state index contributed by atoms with van der Waals surface area (Å²) in [5, 5.41) is 2.84. The van der Waals surface area contributed by atoms with Crippen LogP contribution in [0, 0.1) is 5.92 Å². The van der Waals surface area contributed by atoms with E-state index < -0.39 is 0 Å². The highest BCUT2D eigenvalue weighted by atomic mass is 16.2. The largest absolute Gasteiger partial charge is 0.339 e. The van der Waals surface area contributed by atoms with Crippen molar-refractivity contribution in [3.8, 4) is 0 Å². The number of carbonyl (C=O) groups excluding carboxylic acids is 3. The number of piperidine rings is 1. The predicted octanol–water partition coefficient (Wildman–Crippen LogP) is 0.170. The third-order valence-electron chi connectivity index (χ3n) is 5.93. The first kappa shape index (κ1) is 16.8. The molecular weight excluding hydrogens is 334 g/mol. The van der Waals surface area contributed by atoms with Crippen LogP contribution in [0.5, 0.6) is 0 Å². The molecule has 3 saturated heterocycles. The van der Waals surface area contributed by atoms with Crippen LogP contribution >= 0.6 is 0 Å². The van der Waals surface area contributed by atoms with Crippen molar-refractivity contribution in [1.29, 1.82) is 0 Å². The standard InChI is InChI=1S/C18H23N5O3/c1-21-17(26)20-10-18(21)11-23(12-18)16(25)14-4-8-22(9-5-14)15(24)13-2-6-19-7-3-13/h2-3,6-7,14H,4-5,8-12H2,1H3,(H,20,26). The molecule has 0 atom stereocenters. The van der Waals surface area contributed by atoms with Gasteiger partial charge in [-0.05, 0) is 25.0 Å². The first-order chi connectivity index (χ1) is 12.5. The molecular formula is C18H23N5O3. The van der Waals surface area contributed by atoms with E-state index in [1.54, 1.807) is 36.5 Å². The van der Waals surface area contributed by atoms with E-state index in [1.165, 1.54) is 0 Å². The molecule has 0 aliphatic carbocycles. The summed E-state index contributed by atoms with van der Waals surface area (Å²) in [5.41, 5.74) is 0.404. The molecule has 4 rings (SSSR count). The van der Waals surface area contributed by atoms with Crippen LogP contribution in [0.2, 0.25) is 0 Å². The molecule has 0 saturated carbocycles. The number of likely N-dealkylation sites (N-methyl/N-ethyl adjacent to an activating group) is 1. The molecule has 0 aromatic carbocycles. The molecule has 1 N–H and O–H groups in total. The molecule has 1 aromatic heterocycles. The number of pyridine rings is 1. The van der Waals surface area contributed by atoms with Gasteiger partial charge in [-0.3, -0.25) is 14.6 Å². The summed E-state index contributed by atoms with van der Waals surface area (Å²) >= 11 is 0. The summed E-state index contributed by atoms with van der Waals surface area (Å²) < 4.78 is 0. The second kappa shape index (κ2) is 6.26. The second-order valence-corrected chi connectivity index (χ2v) is 7.44. The van der Waals surface area contributed by atoms with Crippen LogP contribution in [0.15, 0.2) is 24.5 Å². The maximum atomic E-state index is 12.7. The van der Waals surface area contributed by atoms with E-state index in [9.17, 15) is 14.4 Å². The zero-order valence-corrected chi connectivity index (χ0v) is 14.9. The molecule has 3 fully saturated rings. The van der Waals surface area contributed by atoms with Gasteiger partial charge in [-0.25, -0.2) is 4.79 Å². The van der Waals surface area contributed by atoms with Crippen molar-refractivity contribution < 1.29 is 14.4 Å². The smallest absolute Gasteiger partial charge is 0.317 e. The molecule has 0 radical (unpaired) electrons. The zero-order chi connectivity index (χ0) is 18.3. The van der Waals surface area contributed by atoms with Crippen molar-refractivity contribution >= 4 is 17.8 Å². The van der Waals surface area contributed by atoms with Crippen LogP contribution in [0.25, 0.3) is 0 Å². The summed E-state index contributed by atoms with van der Waals surface area (Å²) in [5.74, 6) is 0.113. The van der Waals surface area contributed by atoms with E-state index in [0.29, 0.717) is 51.1 Å². The van der Waals surface area contributed by atoms with Crippen molar-refractivity contribution in [1.82, 2.24) is 25.0 Å². The molecule has 3 aliphatic heterocycles. The van der Waals surface area contributed by atoms with Crippen molar-refractivity contribution in [2.75, 3.05) is 39.8 Å². The maximum absolute atomic E-state index is 12.7. The summed E-state index contributed by atoms with van der Waals surface area (Å²) in [6, 6.07) is 3.36. The monoisotopic (exact) mass is 357 g/mol. The van der Waals surface area contributed by atoms with Crippen molar-refractivity contribution in [2.24, 2.45) is 5.92 Å². The second-order valence-electron chi connectivity index (χ2n) is 7.44. The molecule has 3 aliphatic rings. The minimum Gasteiger partial charge on any atom is -0.339 e. The van der Waals surface area contributed by atoms with Gasteiger partial charge in [-0.15, -0.1) is 0 Å². The van der Waals surface area contributed by atoms with Gasteiger partial charge in [0.15, 0.2) is 0 Å². The fraction of sp³-hybridized carbons (Fsp3) is 0.556.